The summed E-state index contributed by atoms with van der Waals surface area (Å²) in [4.78, 5) is 12.3. The standard InChI is InChI=1S/C14H20FN3O3S/c1-3-22(20,21)18-8-7-14(10-18,13(19)16-2)17-12-6-4-5-11(15)9-12/h4-6,9,17H,3,7-8,10H2,1-2H3,(H,16,19). The Morgan fingerprint density at radius 2 is 2.18 bits per heavy atom. The van der Waals surface area contributed by atoms with Crippen LogP contribution in [-0.4, -0.2) is 50.1 Å². The highest BCUT2D eigenvalue weighted by molar-refractivity contribution is 7.89. The van der Waals surface area contributed by atoms with Gasteiger partial charge in [-0.05, 0) is 31.5 Å². The van der Waals surface area contributed by atoms with Crippen LogP contribution >= 0.6 is 0 Å². The topological polar surface area (TPSA) is 78.5 Å². The molecule has 1 atom stereocenters. The maximum atomic E-state index is 13.3. The number of amides is 1. The molecule has 0 aromatic heterocycles. The van der Waals surface area contributed by atoms with Crippen molar-refractivity contribution in [2.24, 2.45) is 0 Å². The molecule has 1 aromatic rings. The fraction of sp³-hybridized carbons (Fsp3) is 0.500. The molecule has 0 radical (unpaired) electrons. The van der Waals surface area contributed by atoms with Crippen molar-refractivity contribution >= 4 is 21.6 Å². The van der Waals surface area contributed by atoms with Crippen LogP contribution in [0.1, 0.15) is 13.3 Å². The number of carbonyl (C=O) groups is 1. The van der Waals surface area contributed by atoms with Gasteiger partial charge in [-0.15, -0.1) is 0 Å². The minimum atomic E-state index is -3.37. The average molecular weight is 329 g/mol. The van der Waals surface area contributed by atoms with E-state index in [1.54, 1.807) is 13.0 Å². The lowest BCUT2D eigenvalue weighted by atomic mass is 9.97. The summed E-state index contributed by atoms with van der Waals surface area (Å²) in [6.45, 7) is 1.85. The van der Waals surface area contributed by atoms with Gasteiger partial charge in [0, 0.05) is 25.8 Å². The Kier molecular flexibility index (Phi) is 4.72. The molecule has 2 N–H and O–H groups in total. The van der Waals surface area contributed by atoms with Gasteiger partial charge >= 0.3 is 0 Å². The molecule has 1 heterocycles. The van der Waals surface area contributed by atoms with Crippen LogP contribution in [0.25, 0.3) is 0 Å². The smallest absolute Gasteiger partial charge is 0.246 e. The Balaban J connectivity index is 2.29. The zero-order chi connectivity index (χ0) is 16.4. The number of hydrogen-bond donors (Lipinski definition) is 2. The predicted octanol–water partition coefficient (Wildman–Crippen LogP) is 0.778. The summed E-state index contributed by atoms with van der Waals surface area (Å²) in [7, 11) is -1.88. The van der Waals surface area contributed by atoms with E-state index < -0.39 is 21.4 Å². The normalized spacial score (nSPS) is 22.5. The summed E-state index contributed by atoms with van der Waals surface area (Å²) >= 11 is 0. The van der Waals surface area contributed by atoms with Crippen molar-refractivity contribution in [2.75, 3.05) is 31.2 Å². The van der Waals surface area contributed by atoms with Gasteiger partial charge in [-0.3, -0.25) is 4.79 Å². The van der Waals surface area contributed by atoms with E-state index in [2.05, 4.69) is 10.6 Å². The van der Waals surface area contributed by atoms with E-state index in [4.69, 9.17) is 0 Å². The second kappa shape index (κ2) is 6.21. The van der Waals surface area contributed by atoms with Crippen molar-refractivity contribution < 1.29 is 17.6 Å². The average Bonchev–Trinajstić information content (AvgIpc) is 2.92. The van der Waals surface area contributed by atoms with E-state index in [0.29, 0.717) is 12.1 Å². The third-order valence-electron chi connectivity index (χ3n) is 3.86. The first-order valence-electron chi connectivity index (χ1n) is 7.07. The fourth-order valence-corrected chi connectivity index (χ4v) is 3.77. The first kappa shape index (κ1) is 16.7. The third kappa shape index (κ3) is 3.22. The molecule has 22 heavy (non-hydrogen) atoms. The molecule has 1 aliphatic heterocycles. The van der Waals surface area contributed by atoms with Crippen LogP contribution in [0.15, 0.2) is 24.3 Å². The van der Waals surface area contributed by atoms with E-state index >= 15 is 0 Å². The Bertz CT molecular complexity index is 665. The van der Waals surface area contributed by atoms with Crippen LogP contribution in [0.2, 0.25) is 0 Å². The van der Waals surface area contributed by atoms with Crippen molar-refractivity contribution in [1.29, 1.82) is 0 Å². The van der Waals surface area contributed by atoms with E-state index in [-0.39, 0.29) is 24.7 Å². The van der Waals surface area contributed by atoms with Gasteiger partial charge in [0.1, 0.15) is 11.4 Å². The fourth-order valence-electron chi connectivity index (χ4n) is 2.62. The maximum absolute atomic E-state index is 13.3. The number of nitrogens with zero attached hydrogens (tertiary/aromatic N) is 1. The lowest BCUT2D eigenvalue weighted by Gasteiger charge is -2.29. The minimum absolute atomic E-state index is 0.0171. The second-order valence-corrected chi connectivity index (χ2v) is 7.54. The van der Waals surface area contributed by atoms with Gasteiger partial charge < -0.3 is 10.6 Å². The highest BCUT2D eigenvalue weighted by Crippen LogP contribution is 2.28. The number of nitrogens with one attached hydrogen (secondary N) is 2. The Morgan fingerprint density at radius 3 is 2.77 bits per heavy atom. The van der Waals surface area contributed by atoms with Gasteiger partial charge in [-0.25, -0.2) is 12.8 Å². The van der Waals surface area contributed by atoms with Gasteiger partial charge in [0.25, 0.3) is 0 Å². The number of likely N-dealkylation sites (N-methyl/N-ethyl adjacent to an activating group) is 1. The summed E-state index contributed by atoms with van der Waals surface area (Å²) < 4.78 is 38.6. The van der Waals surface area contributed by atoms with Gasteiger partial charge in [0.05, 0.1) is 5.75 Å². The molecule has 6 nitrogen and oxygen atoms in total. The van der Waals surface area contributed by atoms with Gasteiger partial charge in [-0.2, -0.15) is 4.31 Å². The molecular weight excluding hydrogens is 309 g/mol. The van der Waals surface area contributed by atoms with Crippen molar-refractivity contribution in [3.05, 3.63) is 30.1 Å². The number of carbonyl (C=O) groups excluding carboxylic acids is 1. The first-order chi connectivity index (χ1) is 10.3. The van der Waals surface area contributed by atoms with E-state index in [1.807, 2.05) is 0 Å². The number of halogens is 1. The molecule has 1 amide bonds. The van der Waals surface area contributed by atoms with Crippen LogP contribution in [0, 0.1) is 5.82 Å². The van der Waals surface area contributed by atoms with Crippen molar-refractivity contribution in [3.8, 4) is 0 Å². The van der Waals surface area contributed by atoms with E-state index in [9.17, 15) is 17.6 Å². The Labute approximate surface area is 129 Å². The molecule has 122 valence electrons. The summed E-state index contributed by atoms with van der Waals surface area (Å²) in [5, 5.41) is 5.57. The predicted molar refractivity (Wildman–Crippen MR) is 82.5 cm³/mol. The lowest BCUT2D eigenvalue weighted by Crippen LogP contribution is -2.54. The first-order valence-corrected chi connectivity index (χ1v) is 8.67. The van der Waals surface area contributed by atoms with Crippen LogP contribution in [0.4, 0.5) is 10.1 Å². The molecule has 1 fully saturated rings. The number of anilines is 1. The van der Waals surface area contributed by atoms with Crippen molar-refractivity contribution in [1.82, 2.24) is 9.62 Å². The van der Waals surface area contributed by atoms with Gasteiger partial charge in [-0.1, -0.05) is 6.07 Å². The van der Waals surface area contributed by atoms with Crippen LogP contribution in [-0.2, 0) is 14.8 Å². The molecule has 0 saturated carbocycles. The van der Waals surface area contributed by atoms with E-state index in [1.165, 1.54) is 29.6 Å². The molecule has 0 spiro atoms. The molecular formula is C14H20FN3O3S. The van der Waals surface area contributed by atoms with Gasteiger partial charge in [0.15, 0.2) is 0 Å². The number of hydrogen-bond acceptors (Lipinski definition) is 4. The molecule has 2 rings (SSSR count). The van der Waals surface area contributed by atoms with Crippen LogP contribution < -0.4 is 10.6 Å². The summed E-state index contributed by atoms with van der Waals surface area (Å²) in [5.74, 6) is -0.754. The van der Waals surface area contributed by atoms with Crippen LogP contribution in [0.5, 0.6) is 0 Å². The summed E-state index contributed by atoms with van der Waals surface area (Å²) in [5.41, 5.74) is -0.649. The zero-order valence-electron chi connectivity index (χ0n) is 12.6. The largest absolute Gasteiger partial charge is 0.370 e. The highest BCUT2D eigenvalue weighted by atomic mass is 32.2. The molecule has 1 unspecified atom stereocenters. The van der Waals surface area contributed by atoms with Crippen molar-refractivity contribution in [2.45, 2.75) is 18.9 Å². The van der Waals surface area contributed by atoms with E-state index in [0.717, 1.165) is 0 Å². The number of benzene rings is 1. The van der Waals surface area contributed by atoms with Crippen LogP contribution in [0.3, 0.4) is 0 Å². The minimum Gasteiger partial charge on any atom is -0.370 e. The molecule has 0 aliphatic carbocycles. The zero-order valence-corrected chi connectivity index (χ0v) is 13.4. The Morgan fingerprint density at radius 1 is 1.45 bits per heavy atom. The third-order valence-corrected chi connectivity index (χ3v) is 5.69. The number of rotatable bonds is 5. The molecule has 1 aliphatic rings. The monoisotopic (exact) mass is 329 g/mol. The lowest BCUT2D eigenvalue weighted by molar-refractivity contribution is -0.124. The molecule has 1 saturated heterocycles. The summed E-state index contributed by atoms with van der Waals surface area (Å²) in [6.07, 6.45) is 0.322. The maximum Gasteiger partial charge on any atom is 0.246 e. The number of sulfonamides is 1. The second-order valence-electron chi connectivity index (χ2n) is 5.28. The SMILES string of the molecule is CCS(=O)(=O)N1CCC(Nc2cccc(F)c2)(C(=O)NC)C1. The summed E-state index contributed by atoms with van der Waals surface area (Å²) in [6, 6.07) is 5.76. The Hall–Kier alpha value is -1.67. The quantitative estimate of drug-likeness (QED) is 0.837. The molecule has 1 aromatic carbocycles. The highest BCUT2D eigenvalue weighted by Gasteiger charge is 2.47. The van der Waals surface area contributed by atoms with Crippen molar-refractivity contribution in [3.63, 3.8) is 0 Å². The van der Waals surface area contributed by atoms with Gasteiger partial charge in [0.2, 0.25) is 15.9 Å². The molecule has 0 bridgehead atoms. The molecule has 8 heteroatoms.